The van der Waals surface area contributed by atoms with Gasteiger partial charge in [0.25, 0.3) is 5.91 Å². The summed E-state index contributed by atoms with van der Waals surface area (Å²) in [6.45, 7) is 2.98. The Morgan fingerprint density at radius 2 is 2.00 bits per heavy atom. The van der Waals surface area contributed by atoms with Crippen molar-refractivity contribution in [3.63, 3.8) is 0 Å². The molecule has 0 aliphatic rings. The van der Waals surface area contributed by atoms with E-state index in [0.29, 0.717) is 5.56 Å². The predicted molar refractivity (Wildman–Crippen MR) is 61.8 cm³/mol. The molecule has 0 spiro atoms. The maximum atomic E-state index is 11.7. The molecule has 0 bridgehead atoms. The van der Waals surface area contributed by atoms with Crippen LogP contribution in [0, 0.1) is 6.92 Å². The van der Waals surface area contributed by atoms with Crippen molar-refractivity contribution < 1.29 is 19.8 Å². The number of carbonyl (C=O) groups is 2. The first kappa shape index (κ1) is 12.8. The second-order valence-electron chi connectivity index (χ2n) is 3.73. The van der Waals surface area contributed by atoms with Crippen molar-refractivity contribution in [3.05, 3.63) is 23.3 Å². The van der Waals surface area contributed by atoms with Gasteiger partial charge in [-0.05, 0) is 25.5 Å². The Bertz CT molecular complexity index is 471. The highest BCUT2D eigenvalue weighted by atomic mass is 16.4. The van der Waals surface area contributed by atoms with Crippen LogP contribution in [0.25, 0.3) is 0 Å². The molecular weight excluding hydrogens is 224 g/mol. The Morgan fingerprint density at radius 3 is 2.53 bits per heavy atom. The number of nitrogens with two attached hydrogens (primary N) is 1. The number of nitrogens with one attached hydrogen (secondary N) is 1. The molecule has 1 atom stereocenters. The Morgan fingerprint density at radius 1 is 1.41 bits per heavy atom. The summed E-state index contributed by atoms with van der Waals surface area (Å²) in [5.74, 6) is -1.94. The Kier molecular flexibility index (Phi) is 3.57. The Balaban J connectivity index is 2.98. The van der Waals surface area contributed by atoms with Gasteiger partial charge in [0.1, 0.15) is 11.8 Å². The van der Waals surface area contributed by atoms with E-state index in [9.17, 15) is 14.7 Å². The van der Waals surface area contributed by atoms with E-state index in [1.54, 1.807) is 6.92 Å². The molecule has 0 unspecified atom stereocenters. The van der Waals surface area contributed by atoms with Crippen molar-refractivity contribution in [2.75, 3.05) is 5.73 Å². The minimum absolute atomic E-state index is 0.0555. The summed E-state index contributed by atoms with van der Waals surface area (Å²) < 4.78 is 0. The summed E-state index contributed by atoms with van der Waals surface area (Å²) >= 11 is 0. The van der Waals surface area contributed by atoms with E-state index in [1.807, 2.05) is 0 Å². The standard InChI is InChI=1S/C11H14N2O4/c1-5-3-4-7(8(12)9(5)14)10(15)13-6(2)11(16)17/h3-4,6,14H,12H2,1-2H3,(H,13,15)(H,16,17)/t6-/m1/s1. The smallest absolute Gasteiger partial charge is 0.325 e. The van der Waals surface area contributed by atoms with E-state index in [0.717, 1.165) is 0 Å². The minimum atomic E-state index is -1.15. The van der Waals surface area contributed by atoms with Gasteiger partial charge in [0.15, 0.2) is 0 Å². The number of hydrogen-bond donors (Lipinski definition) is 4. The molecule has 6 heteroatoms. The van der Waals surface area contributed by atoms with Gasteiger partial charge >= 0.3 is 5.97 Å². The van der Waals surface area contributed by atoms with Gasteiger partial charge in [0, 0.05) is 0 Å². The second-order valence-corrected chi connectivity index (χ2v) is 3.73. The van der Waals surface area contributed by atoms with Gasteiger partial charge in [-0.2, -0.15) is 0 Å². The molecule has 1 aromatic carbocycles. The van der Waals surface area contributed by atoms with Crippen LogP contribution >= 0.6 is 0 Å². The first-order chi connectivity index (χ1) is 7.84. The van der Waals surface area contributed by atoms with Gasteiger partial charge in [0.2, 0.25) is 0 Å². The Labute approximate surface area is 98.1 Å². The molecule has 6 nitrogen and oxygen atoms in total. The second kappa shape index (κ2) is 4.73. The molecule has 0 aliphatic heterocycles. The molecule has 1 rings (SSSR count). The average Bonchev–Trinajstić information content (AvgIpc) is 2.25. The minimum Gasteiger partial charge on any atom is -0.505 e. The fraction of sp³-hybridized carbons (Fsp3) is 0.273. The van der Waals surface area contributed by atoms with Gasteiger partial charge in [-0.15, -0.1) is 0 Å². The lowest BCUT2D eigenvalue weighted by atomic mass is 10.1. The normalized spacial score (nSPS) is 11.9. The SMILES string of the molecule is Cc1ccc(C(=O)N[C@H](C)C(=O)O)c(N)c1O. The number of aryl methyl sites for hydroxylation is 1. The number of carboxylic acids is 1. The number of carbonyl (C=O) groups excluding carboxylic acids is 1. The number of anilines is 1. The molecule has 5 N–H and O–H groups in total. The summed E-state index contributed by atoms with van der Waals surface area (Å²) in [6.07, 6.45) is 0. The van der Waals surface area contributed by atoms with Gasteiger partial charge in [0.05, 0.1) is 11.3 Å². The van der Waals surface area contributed by atoms with Crippen molar-refractivity contribution in [2.24, 2.45) is 0 Å². The van der Waals surface area contributed by atoms with Crippen molar-refractivity contribution in [2.45, 2.75) is 19.9 Å². The van der Waals surface area contributed by atoms with Crippen LogP contribution in [0.4, 0.5) is 5.69 Å². The van der Waals surface area contributed by atoms with E-state index >= 15 is 0 Å². The predicted octanol–water partition coefficient (Wildman–Crippen LogP) is 0.486. The lowest BCUT2D eigenvalue weighted by Crippen LogP contribution is -2.38. The summed E-state index contributed by atoms with van der Waals surface area (Å²) in [5.41, 5.74) is 6.13. The quantitative estimate of drug-likeness (QED) is 0.452. The van der Waals surface area contributed by atoms with Crippen LogP contribution in [0.2, 0.25) is 0 Å². The van der Waals surface area contributed by atoms with Crippen LogP contribution in [-0.4, -0.2) is 28.1 Å². The highest BCUT2D eigenvalue weighted by Crippen LogP contribution is 2.27. The van der Waals surface area contributed by atoms with Crippen LogP contribution in [0.15, 0.2) is 12.1 Å². The largest absolute Gasteiger partial charge is 0.505 e. The molecule has 0 saturated heterocycles. The zero-order chi connectivity index (χ0) is 13.2. The first-order valence-corrected chi connectivity index (χ1v) is 4.96. The third kappa shape index (κ3) is 2.66. The zero-order valence-corrected chi connectivity index (χ0v) is 9.52. The number of aliphatic carboxylic acids is 1. The topological polar surface area (TPSA) is 113 Å². The molecule has 1 amide bonds. The summed E-state index contributed by atoms with van der Waals surface area (Å²) in [6, 6.07) is 1.95. The fourth-order valence-electron chi connectivity index (χ4n) is 1.25. The van der Waals surface area contributed by atoms with Crippen LogP contribution in [0.3, 0.4) is 0 Å². The van der Waals surface area contributed by atoms with Crippen molar-refractivity contribution >= 4 is 17.6 Å². The van der Waals surface area contributed by atoms with Crippen LogP contribution in [0.5, 0.6) is 5.75 Å². The number of amides is 1. The first-order valence-electron chi connectivity index (χ1n) is 4.96. The van der Waals surface area contributed by atoms with E-state index in [4.69, 9.17) is 10.8 Å². The molecule has 17 heavy (non-hydrogen) atoms. The monoisotopic (exact) mass is 238 g/mol. The van der Waals surface area contributed by atoms with E-state index in [2.05, 4.69) is 5.32 Å². The number of hydrogen-bond acceptors (Lipinski definition) is 4. The number of phenols is 1. The third-order valence-electron chi connectivity index (χ3n) is 2.38. The maximum absolute atomic E-state index is 11.7. The molecule has 92 valence electrons. The van der Waals surface area contributed by atoms with Crippen molar-refractivity contribution in [3.8, 4) is 5.75 Å². The number of carboxylic acid groups (broad SMARTS) is 1. The van der Waals surface area contributed by atoms with E-state index in [1.165, 1.54) is 19.1 Å². The molecule has 0 aliphatic carbocycles. The highest BCUT2D eigenvalue weighted by Gasteiger charge is 2.18. The number of phenolic OH excluding ortho intramolecular Hbond substituents is 1. The maximum Gasteiger partial charge on any atom is 0.325 e. The number of benzene rings is 1. The van der Waals surface area contributed by atoms with E-state index in [-0.39, 0.29) is 17.0 Å². The Hall–Kier alpha value is -2.24. The van der Waals surface area contributed by atoms with Crippen molar-refractivity contribution in [1.82, 2.24) is 5.32 Å². The molecule has 0 saturated carbocycles. The summed E-state index contributed by atoms with van der Waals surface area (Å²) in [5, 5.41) is 20.5. The molecule has 0 radical (unpaired) electrons. The number of nitrogen functional groups attached to an aromatic ring is 1. The third-order valence-corrected chi connectivity index (χ3v) is 2.38. The lowest BCUT2D eigenvalue weighted by Gasteiger charge is -2.12. The summed E-state index contributed by atoms with van der Waals surface area (Å²) in [4.78, 5) is 22.3. The molecule has 0 heterocycles. The average molecular weight is 238 g/mol. The zero-order valence-electron chi connectivity index (χ0n) is 9.52. The molecule has 1 aromatic rings. The van der Waals surface area contributed by atoms with Gasteiger partial charge < -0.3 is 21.3 Å². The van der Waals surface area contributed by atoms with Gasteiger partial charge in [-0.1, -0.05) is 6.07 Å². The highest BCUT2D eigenvalue weighted by molar-refractivity contribution is 6.02. The number of rotatable bonds is 3. The van der Waals surface area contributed by atoms with Gasteiger partial charge in [-0.3, -0.25) is 9.59 Å². The van der Waals surface area contributed by atoms with Crippen LogP contribution < -0.4 is 11.1 Å². The van der Waals surface area contributed by atoms with Crippen molar-refractivity contribution in [1.29, 1.82) is 0 Å². The van der Waals surface area contributed by atoms with Crippen LogP contribution in [0.1, 0.15) is 22.8 Å². The molecular formula is C11H14N2O4. The van der Waals surface area contributed by atoms with Crippen LogP contribution in [-0.2, 0) is 4.79 Å². The number of aromatic hydroxyl groups is 1. The fourth-order valence-corrected chi connectivity index (χ4v) is 1.25. The lowest BCUT2D eigenvalue weighted by molar-refractivity contribution is -0.138. The summed E-state index contributed by atoms with van der Waals surface area (Å²) in [7, 11) is 0. The van der Waals surface area contributed by atoms with E-state index < -0.39 is 17.9 Å². The molecule has 0 fully saturated rings. The van der Waals surface area contributed by atoms with Gasteiger partial charge in [-0.25, -0.2) is 0 Å². The molecule has 0 aromatic heterocycles.